The molecule has 3 heterocycles. The van der Waals surface area contributed by atoms with Crippen molar-refractivity contribution in [3.63, 3.8) is 0 Å². The summed E-state index contributed by atoms with van der Waals surface area (Å²) in [4.78, 5) is 29.5. The van der Waals surface area contributed by atoms with Crippen LogP contribution in [0.2, 0.25) is 0 Å². The van der Waals surface area contributed by atoms with Gasteiger partial charge in [-0.05, 0) is 42.0 Å². The second-order valence-corrected chi connectivity index (χ2v) is 8.11. The molecule has 1 aromatic carbocycles. The van der Waals surface area contributed by atoms with Crippen LogP contribution in [0.15, 0.2) is 48.8 Å². The van der Waals surface area contributed by atoms with E-state index in [0.717, 1.165) is 32.5 Å². The summed E-state index contributed by atoms with van der Waals surface area (Å²) in [5, 5.41) is 11.2. The maximum atomic E-state index is 12.2. The summed E-state index contributed by atoms with van der Waals surface area (Å²) in [6.07, 6.45) is 5.99. The zero-order valence-electron chi connectivity index (χ0n) is 16.9. The third kappa shape index (κ3) is 4.68. The minimum Gasteiger partial charge on any atom is -0.480 e. The minimum absolute atomic E-state index is 0.169. The lowest BCUT2D eigenvalue weighted by Crippen LogP contribution is -2.49. The number of carbonyl (C=O) groups is 2. The van der Waals surface area contributed by atoms with Gasteiger partial charge in [-0.15, -0.1) is 0 Å². The predicted molar refractivity (Wildman–Crippen MR) is 111 cm³/mol. The zero-order valence-corrected chi connectivity index (χ0v) is 16.9. The molecule has 0 saturated carbocycles. The molecule has 1 unspecified atom stereocenters. The molecule has 0 bridgehead atoms. The zero-order chi connectivity index (χ0) is 21.0. The van der Waals surface area contributed by atoms with Gasteiger partial charge in [0.2, 0.25) is 5.91 Å². The number of hydrogen-bond donors (Lipinski definition) is 2. The fraction of sp³-hybridized carbons (Fsp3) is 0.435. The van der Waals surface area contributed by atoms with Crippen LogP contribution in [0.3, 0.4) is 0 Å². The Morgan fingerprint density at radius 2 is 2.00 bits per heavy atom. The topological polar surface area (TPSA) is 91.8 Å². The Morgan fingerprint density at radius 3 is 2.73 bits per heavy atom. The van der Waals surface area contributed by atoms with E-state index in [1.807, 2.05) is 24.4 Å². The Kier molecular flexibility index (Phi) is 6.11. The SMILES string of the molecule is O=C(O)CNC(=O)CC1Cc2ccccc2C2(CCN(Cc3cccnc3)CC2)O1. The van der Waals surface area contributed by atoms with Crippen molar-refractivity contribution in [2.75, 3.05) is 19.6 Å². The molecule has 1 amide bonds. The van der Waals surface area contributed by atoms with Crippen LogP contribution in [-0.2, 0) is 32.9 Å². The largest absolute Gasteiger partial charge is 0.480 e. The van der Waals surface area contributed by atoms with Crippen molar-refractivity contribution in [2.45, 2.75) is 43.9 Å². The molecular weight excluding hydrogens is 382 g/mol. The second-order valence-electron chi connectivity index (χ2n) is 8.11. The first-order chi connectivity index (χ1) is 14.5. The van der Waals surface area contributed by atoms with E-state index in [9.17, 15) is 9.59 Å². The maximum Gasteiger partial charge on any atom is 0.322 e. The van der Waals surface area contributed by atoms with Crippen LogP contribution in [0, 0.1) is 0 Å². The van der Waals surface area contributed by atoms with Gasteiger partial charge in [-0.25, -0.2) is 0 Å². The van der Waals surface area contributed by atoms with Crippen molar-refractivity contribution in [1.29, 1.82) is 0 Å². The normalized spacial score (nSPS) is 20.5. The van der Waals surface area contributed by atoms with E-state index in [-0.39, 0.29) is 25.0 Å². The van der Waals surface area contributed by atoms with Crippen LogP contribution < -0.4 is 5.32 Å². The molecule has 1 spiro atoms. The van der Waals surface area contributed by atoms with Crippen molar-refractivity contribution in [3.8, 4) is 0 Å². The van der Waals surface area contributed by atoms with Crippen LogP contribution in [0.4, 0.5) is 0 Å². The smallest absolute Gasteiger partial charge is 0.322 e. The molecule has 0 radical (unpaired) electrons. The molecule has 1 aromatic heterocycles. The van der Waals surface area contributed by atoms with Gasteiger partial charge in [0.1, 0.15) is 6.54 Å². The van der Waals surface area contributed by atoms with E-state index >= 15 is 0 Å². The minimum atomic E-state index is -1.05. The maximum absolute atomic E-state index is 12.2. The van der Waals surface area contributed by atoms with Gasteiger partial charge in [0.05, 0.1) is 18.1 Å². The number of ether oxygens (including phenoxy) is 1. The highest BCUT2D eigenvalue weighted by Crippen LogP contribution is 2.44. The molecule has 1 saturated heterocycles. The standard InChI is InChI=1S/C23H27N3O4/c27-21(25-15-22(28)29)13-19-12-18-5-1-2-6-20(18)23(30-19)7-10-26(11-8-23)16-17-4-3-9-24-14-17/h1-6,9,14,19H,7-8,10-13,15-16H2,(H,25,27)(H,28,29). The molecule has 30 heavy (non-hydrogen) atoms. The quantitative estimate of drug-likeness (QED) is 0.759. The molecular formula is C23H27N3O4. The molecule has 1 fully saturated rings. The number of benzene rings is 1. The van der Waals surface area contributed by atoms with Gasteiger partial charge in [-0.3, -0.25) is 19.5 Å². The molecule has 2 aliphatic heterocycles. The Bertz CT molecular complexity index is 894. The number of amides is 1. The number of fused-ring (bicyclic) bond motifs is 2. The highest BCUT2D eigenvalue weighted by molar-refractivity contribution is 5.81. The number of hydrogen-bond acceptors (Lipinski definition) is 5. The van der Waals surface area contributed by atoms with Gasteiger partial charge in [-0.2, -0.15) is 0 Å². The Labute approximate surface area is 176 Å². The van der Waals surface area contributed by atoms with E-state index in [1.165, 1.54) is 16.7 Å². The van der Waals surface area contributed by atoms with Gasteiger partial charge in [0.15, 0.2) is 0 Å². The molecule has 4 rings (SSSR count). The third-order valence-electron chi connectivity index (χ3n) is 5.99. The van der Waals surface area contributed by atoms with E-state index < -0.39 is 11.6 Å². The Morgan fingerprint density at radius 1 is 1.20 bits per heavy atom. The lowest BCUT2D eigenvalue weighted by molar-refractivity contribution is -0.151. The van der Waals surface area contributed by atoms with Crippen molar-refractivity contribution < 1.29 is 19.4 Å². The lowest BCUT2D eigenvalue weighted by atomic mass is 9.78. The predicted octanol–water partition coefficient (Wildman–Crippen LogP) is 2.11. The number of pyridine rings is 1. The van der Waals surface area contributed by atoms with Crippen LogP contribution >= 0.6 is 0 Å². The van der Waals surface area contributed by atoms with Gasteiger partial charge < -0.3 is 15.2 Å². The molecule has 2 aromatic rings. The van der Waals surface area contributed by atoms with Gasteiger partial charge in [-0.1, -0.05) is 30.3 Å². The number of nitrogens with one attached hydrogen (secondary N) is 1. The summed E-state index contributed by atoms with van der Waals surface area (Å²) >= 11 is 0. The summed E-state index contributed by atoms with van der Waals surface area (Å²) in [6, 6.07) is 12.4. The first-order valence-corrected chi connectivity index (χ1v) is 10.4. The number of aliphatic carboxylic acids is 1. The Balaban J connectivity index is 1.45. The van der Waals surface area contributed by atoms with Gasteiger partial charge in [0.25, 0.3) is 0 Å². The monoisotopic (exact) mass is 409 g/mol. The molecule has 7 heteroatoms. The molecule has 2 N–H and O–H groups in total. The first kappa shape index (κ1) is 20.5. The highest BCUT2D eigenvalue weighted by Gasteiger charge is 2.43. The average Bonchev–Trinajstić information content (AvgIpc) is 2.75. The molecule has 0 aliphatic carbocycles. The molecule has 7 nitrogen and oxygen atoms in total. The number of likely N-dealkylation sites (tertiary alicyclic amines) is 1. The van der Waals surface area contributed by atoms with Crippen LogP contribution in [0.25, 0.3) is 0 Å². The fourth-order valence-electron chi connectivity index (χ4n) is 4.59. The van der Waals surface area contributed by atoms with Gasteiger partial charge in [0, 0.05) is 32.0 Å². The molecule has 1 atom stereocenters. The number of aromatic nitrogens is 1. The highest BCUT2D eigenvalue weighted by atomic mass is 16.5. The van der Waals surface area contributed by atoms with Crippen LogP contribution in [0.5, 0.6) is 0 Å². The third-order valence-corrected chi connectivity index (χ3v) is 5.99. The molecule has 158 valence electrons. The summed E-state index contributed by atoms with van der Waals surface area (Å²) in [6.45, 7) is 2.31. The summed E-state index contributed by atoms with van der Waals surface area (Å²) in [5.74, 6) is -1.33. The second kappa shape index (κ2) is 8.93. The van der Waals surface area contributed by atoms with Crippen LogP contribution in [0.1, 0.15) is 36.0 Å². The number of piperidine rings is 1. The number of nitrogens with zero attached hydrogens (tertiary/aromatic N) is 2. The lowest BCUT2D eigenvalue weighted by Gasteiger charge is -2.47. The number of carboxylic acid groups (broad SMARTS) is 1. The molecule has 2 aliphatic rings. The van der Waals surface area contributed by atoms with E-state index in [2.05, 4.69) is 33.4 Å². The van der Waals surface area contributed by atoms with E-state index in [1.54, 1.807) is 6.20 Å². The van der Waals surface area contributed by atoms with Crippen molar-refractivity contribution in [3.05, 3.63) is 65.5 Å². The van der Waals surface area contributed by atoms with E-state index in [0.29, 0.717) is 6.42 Å². The van der Waals surface area contributed by atoms with Crippen molar-refractivity contribution in [1.82, 2.24) is 15.2 Å². The first-order valence-electron chi connectivity index (χ1n) is 10.4. The average molecular weight is 409 g/mol. The van der Waals surface area contributed by atoms with Crippen LogP contribution in [-0.4, -0.2) is 52.6 Å². The fourth-order valence-corrected chi connectivity index (χ4v) is 4.59. The number of carbonyl (C=O) groups excluding carboxylic acids is 1. The number of carboxylic acids is 1. The summed E-state index contributed by atoms with van der Waals surface area (Å²) < 4.78 is 6.57. The van der Waals surface area contributed by atoms with Crippen molar-refractivity contribution in [2.24, 2.45) is 0 Å². The number of rotatable bonds is 6. The Hall–Kier alpha value is -2.77. The summed E-state index contributed by atoms with van der Waals surface area (Å²) in [7, 11) is 0. The van der Waals surface area contributed by atoms with E-state index in [4.69, 9.17) is 9.84 Å². The van der Waals surface area contributed by atoms with Gasteiger partial charge >= 0.3 is 5.97 Å². The van der Waals surface area contributed by atoms with Crippen molar-refractivity contribution >= 4 is 11.9 Å². The summed E-state index contributed by atoms with van der Waals surface area (Å²) in [5.41, 5.74) is 3.26.